The fourth-order valence-corrected chi connectivity index (χ4v) is 0. The van der Waals surface area contributed by atoms with Gasteiger partial charge in [0.25, 0.3) is 0 Å². The molecule has 0 aliphatic carbocycles. The molecule has 0 radical (unpaired) electrons. The lowest BCUT2D eigenvalue weighted by molar-refractivity contribution is -0.131. The smallest absolute Gasteiger partial charge is 0.327 e. The highest BCUT2D eigenvalue weighted by atomic mass is 35.6. The highest BCUT2D eigenvalue weighted by molar-refractivity contribution is 6.74. The fraction of sp³-hybridized carbons (Fsp3) is 0.200. The van der Waals surface area contributed by atoms with Crippen molar-refractivity contribution in [1.29, 1.82) is 0 Å². The minimum Gasteiger partial charge on any atom is -0.478 e. The van der Waals surface area contributed by atoms with Gasteiger partial charge in [0.1, 0.15) is 0 Å². The molecule has 0 spiro atoms. The minimum absolute atomic E-state index is 0.234. The van der Waals surface area contributed by atoms with Crippen molar-refractivity contribution in [2.45, 2.75) is 3.79 Å². The molecular formula is C5H5Cl3O3. The van der Waals surface area contributed by atoms with E-state index in [0.717, 1.165) is 6.08 Å². The molecule has 0 fully saturated rings. The average molecular weight is 219 g/mol. The van der Waals surface area contributed by atoms with Crippen molar-refractivity contribution in [1.82, 2.24) is 0 Å². The maximum absolute atomic E-state index is 9.43. The van der Waals surface area contributed by atoms with Crippen LogP contribution in [-0.4, -0.2) is 21.2 Å². The standard InChI is InChI=1S/C3H4O2.C2HCl3O/c1-2-3(4)5;3-2(4,5)1-6/h2H,1H2,(H,4,5);1H. The van der Waals surface area contributed by atoms with Gasteiger partial charge in [-0.3, -0.25) is 4.79 Å². The maximum atomic E-state index is 9.43. The second-order valence-corrected chi connectivity index (χ2v) is 3.57. The minimum atomic E-state index is -1.72. The van der Waals surface area contributed by atoms with Gasteiger partial charge in [-0.1, -0.05) is 41.4 Å². The van der Waals surface area contributed by atoms with Gasteiger partial charge in [0.05, 0.1) is 0 Å². The van der Waals surface area contributed by atoms with Crippen molar-refractivity contribution >= 4 is 47.1 Å². The summed E-state index contributed by atoms with van der Waals surface area (Å²) in [5, 5.41) is 7.60. The zero-order chi connectivity index (χ0) is 9.49. The summed E-state index contributed by atoms with van der Waals surface area (Å²) in [5.74, 6) is -0.981. The molecule has 1 N–H and O–H groups in total. The van der Waals surface area contributed by atoms with Gasteiger partial charge < -0.3 is 5.11 Å². The summed E-state index contributed by atoms with van der Waals surface area (Å²) < 4.78 is -1.72. The van der Waals surface area contributed by atoms with Crippen LogP contribution in [-0.2, 0) is 9.59 Å². The summed E-state index contributed by atoms with van der Waals surface area (Å²) in [5.41, 5.74) is 0. The number of aldehydes is 1. The summed E-state index contributed by atoms with van der Waals surface area (Å²) >= 11 is 14.6. The fourth-order valence-electron chi connectivity index (χ4n) is 0. The molecule has 0 rings (SSSR count). The Morgan fingerprint density at radius 3 is 1.64 bits per heavy atom. The van der Waals surface area contributed by atoms with Crippen molar-refractivity contribution in [3.05, 3.63) is 12.7 Å². The number of hydrogen-bond acceptors (Lipinski definition) is 2. The van der Waals surface area contributed by atoms with Crippen LogP contribution < -0.4 is 0 Å². The lowest BCUT2D eigenvalue weighted by Crippen LogP contribution is -2.00. The number of carboxylic acids is 1. The van der Waals surface area contributed by atoms with Crippen LogP contribution in [0.15, 0.2) is 12.7 Å². The number of rotatable bonds is 1. The van der Waals surface area contributed by atoms with E-state index in [2.05, 4.69) is 6.58 Å². The molecule has 11 heavy (non-hydrogen) atoms. The lowest BCUT2D eigenvalue weighted by Gasteiger charge is -1.93. The first-order chi connectivity index (χ1) is 4.83. The topological polar surface area (TPSA) is 54.4 Å². The Balaban J connectivity index is 0. The number of carbonyl (C=O) groups excluding carboxylic acids is 1. The molecule has 0 heterocycles. The van der Waals surface area contributed by atoms with Crippen molar-refractivity contribution in [3.8, 4) is 0 Å². The highest BCUT2D eigenvalue weighted by Crippen LogP contribution is 2.21. The van der Waals surface area contributed by atoms with Crippen LogP contribution in [0, 0.1) is 0 Å². The maximum Gasteiger partial charge on any atom is 0.327 e. The summed E-state index contributed by atoms with van der Waals surface area (Å²) in [6.45, 7) is 2.96. The number of carbonyl (C=O) groups is 2. The highest BCUT2D eigenvalue weighted by Gasteiger charge is 2.16. The Morgan fingerprint density at radius 1 is 1.45 bits per heavy atom. The number of aliphatic carboxylic acids is 1. The van der Waals surface area contributed by atoms with Gasteiger partial charge in [-0.2, -0.15) is 0 Å². The predicted octanol–water partition coefficient (Wildman–Crippen LogP) is 1.81. The first-order valence-electron chi connectivity index (χ1n) is 2.22. The molecule has 0 bridgehead atoms. The quantitative estimate of drug-likeness (QED) is 0.416. The first-order valence-corrected chi connectivity index (χ1v) is 3.35. The van der Waals surface area contributed by atoms with Crippen LogP contribution in [0.5, 0.6) is 0 Å². The van der Waals surface area contributed by atoms with E-state index in [1.165, 1.54) is 0 Å². The van der Waals surface area contributed by atoms with Gasteiger partial charge >= 0.3 is 5.97 Å². The zero-order valence-corrected chi connectivity index (χ0v) is 7.53. The first kappa shape index (κ1) is 13.3. The van der Waals surface area contributed by atoms with Gasteiger partial charge in [0.15, 0.2) is 6.29 Å². The van der Waals surface area contributed by atoms with Crippen molar-refractivity contribution in [2.24, 2.45) is 0 Å². The number of hydrogen-bond donors (Lipinski definition) is 1. The van der Waals surface area contributed by atoms with Crippen LogP contribution in [0.25, 0.3) is 0 Å². The molecule has 0 aromatic carbocycles. The summed E-state index contributed by atoms with van der Waals surface area (Å²) in [6, 6.07) is 0. The molecule has 0 amide bonds. The lowest BCUT2D eigenvalue weighted by atomic mass is 10.7. The Bertz CT molecular complexity index is 150. The molecule has 0 aromatic heterocycles. The van der Waals surface area contributed by atoms with E-state index in [1.54, 1.807) is 0 Å². The van der Waals surface area contributed by atoms with Crippen LogP contribution in [0.2, 0.25) is 0 Å². The molecule has 64 valence electrons. The Hall–Kier alpha value is -0.250. The van der Waals surface area contributed by atoms with Gasteiger partial charge in [-0.25, -0.2) is 4.79 Å². The van der Waals surface area contributed by atoms with E-state index < -0.39 is 9.76 Å². The monoisotopic (exact) mass is 218 g/mol. The van der Waals surface area contributed by atoms with E-state index in [0.29, 0.717) is 0 Å². The summed E-state index contributed by atoms with van der Waals surface area (Å²) in [6.07, 6.45) is 1.07. The number of halogens is 3. The van der Waals surface area contributed by atoms with Crippen molar-refractivity contribution in [2.75, 3.05) is 0 Å². The summed E-state index contributed by atoms with van der Waals surface area (Å²) in [7, 11) is 0. The third-order valence-corrected chi connectivity index (χ3v) is 0.576. The third kappa shape index (κ3) is 26.0. The molecule has 0 aliphatic rings. The molecule has 0 aliphatic heterocycles. The Morgan fingerprint density at radius 2 is 1.64 bits per heavy atom. The largest absolute Gasteiger partial charge is 0.478 e. The molecule has 0 saturated heterocycles. The van der Waals surface area contributed by atoms with Gasteiger partial charge in [-0.05, 0) is 0 Å². The molecular weight excluding hydrogens is 214 g/mol. The van der Waals surface area contributed by atoms with Gasteiger partial charge in [0, 0.05) is 6.08 Å². The van der Waals surface area contributed by atoms with Crippen molar-refractivity contribution in [3.63, 3.8) is 0 Å². The second kappa shape index (κ2) is 6.46. The van der Waals surface area contributed by atoms with E-state index in [4.69, 9.17) is 39.9 Å². The molecule has 6 heteroatoms. The van der Waals surface area contributed by atoms with E-state index in [-0.39, 0.29) is 6.29 Å². The van der Waals surface area contributed by atoms with E-state index in [9.17, 15) is 9.59 Å². The molecule has 3 nitrogen and oxygen atoms in total. The van der Waals surface area contributed by atoms with Gasteiger partial charge in [-0.15, -0.1) is 0 Å². The molecule has 0 aromatic rings. The van der Waals surface area contributed by atoms with E-state index >= 15 is 0 Å². The van der Waals surface area contributed by atoms with Crippen LogP contribution in [0.1, 0.15) is 0 Å². The van der Waals surface area contributed by atoms with Crippen LogP contribution >= 0.6 is 34.8 Å². The summed E-state index contributed by atoms with van der Waals surface area (Å²) in [4.78, 5) is 18.7. The number of alkyl halides is 3. The predicted molar refractivity (Wildman–Crippen MR) is 44.2 cm³/mol. The van der Waals surface area contributed by atoms with Gasteiger partial charge in [0.2, 0.25) is 3.79 Å². The SMILES string of the molecule is C=CC(=O)O.O=CC(Cl)(Cl)Cl. The molecule has 0 saturated carbocycles. The molecule has 0 unspecified atom stereocenters. The second-order valence-electron chi connectivity index (χ2n) is 1.20. The van der Waals surface area contributed by atoms with Crippen LogP contribution in [0.3, 0.4) is 0 Å². The van der Waals surface area contributed by atoms with E-state index in [1.807, 2.05) is 0 Å². The number of carboxylic acid groups (broad SMARTS) is 1. The normalized spacial score (nSPS) is 9.00. The Labute approximate surface area is 78.5 Å². The molecule has 0 atom stereocenters. The van der Waals surface area contributed by atoms with Crippen molar-refractivity contribution < 1.29 is 14.7 Å². The average Bonchev–Trinajstić information content (AvgIpc) is 1.88. The van der Waals surface area contributed by atoms with Crippen LogP contribution in [0.4, 0.5) is 0 Å². The third-order valence-electron chi connectivity index (χ3n) is 0.308. The Kier molecular flexibility index (Phi) is 7.84. The zero-order valence-electron chi connectivity index (χ0n) is 5.26.